The van der Waals surface area contributed by atoms with Crippen LogP contribution in [0.15, 0.2) is 0 Å². The Morgan fingerprint density at radius 3 is 2.88 bits per heavy atom. The zero-order valence-electron chi connectivity index (χ0n) is 4.80. The minimum atomic E-state index is 0.516. The molecule has 0 unspecified atom stereocenters. The van der Waals surface area contributed by atoms with E-state index < -0.39 is 0 Å². The Kier molecular flexibility index (Phi) is 1.89. The number of carbonyl (C=O) groups is 1. The average molecular weight is 114 g/mol. The Morgan fingerprint density at radius 2 is 2.38 bits per heavy atom. The van der Waals surface area contributed by atoms with Crippen LogP contribution in [0, 0.1) is 5.92 Å². The SMILES string of the molecule is O=COCCC1CC1. The van der Waals surface area contributed by atoms with Crippen LogP contribution < -0.4 is 0 Å². The molecule has 1 rings (SSSR count). The van der Waals surface area contributed by atoms with E-state index in [4.69, 9.17) is 0 Å². The summed E-state index contributed by atoms with van der Waals surface area (Å²) in [6.45, 7) is 1.14. The van der Waals surface area contributed by atoms with Gasteiger partial charge in [-0.05, 0) is 12.3 Å². The van der Waals surface area contributed by atoms with Crippen molar-refractivity contribution in [3.8, 4) is 0 Å². The topological polar surface area (TPSA) is 26.3 Å². The van der Waals surface area contributed by atoms with Gasteiger partial charge in [-0.2, -0.15) is 0 Å². The van der Waals surface area contributed by atoms with Crippen LogP contribution >= 0.6 is 0 Å². The molecule has 0 aromatic carbocycles. The third-order valence-corrected chi connectivity index (χ3v) is 1.41. The van der Waals surface area contributed by atoms with Crippen LogP contribution in [0.5, 0.6) is 0 Å². The number of hydrogen-bond acceptors (Lipinski definition) is 2. The van der Waals surface area contributed by atoms with Crippen LogP contribution in [0.2, 0.25) is 0 Å². The molecule has 1 saturated carbocycles. The molecule has 46 valence electrons. The van der Waals surface area contributed by atoms with Gasteiger partial charge in [0.05, 0.1) is 6.61 Å². The van der Waals surface area contributed by atoms with Gasteiger partial charge < -0.3 is 4.74 Å². The van der Waals surface area contributed by atoms with Gasteiger partial charge in [-0.25, -0.2) is 0 Å². The maximum absolute atomic E-state index is 9.58. The number of hydrogen-bond donors (Lipinski definition) is 0. The molecule has 2 nitrogen and oxygen atoms in total. The predicted molar refractivity (Wildman–Crippen MR) is 29.4 cm³/mol. The molecule has 1 aliphatic rings. The van der Waals surface area contributed by atoms with Gasteiger partial charge in [-0.3, -0.25) is 4.79 Å². The number of rotatable bonds is 4. The molecule has 0 radical (unpaired) electrons. The van der Waals surface area contributed by atoms with Crippen molar-refractivity contribution in [2.24, 2.45) is 5.92 Å². The highest BCUT2D eigenvalue weighted by molar-refractivity contribution is 5.36. The molecule has 0 aliphatic heterocycles. The van der Waals surface area contributed by atoms with Crippen LogP contribution in [0.3, 0.4) is 0 Å². The largest absolute Gasteiger partial charge is 0.468 e. The maximum Gasteiger partial charge on any atom is 0.293 e. The van der Waals surface area contributed by atoms with Crippen molar-refractivity contribution < 1.29 is 9.53 Å². The molecule has 0 spiro atoms. The smallest absolute Gasteiger partial charge is 0.293 e. The summed E-state index contributed by atoms with van der Waals surface area (Å²) in [5.41, 5.74) is 0. The van der Waals surface area contributed by atoms with Crippen molar-refractivity contribution in [1.82, 2.24) is 0 Å². The molecule has 0 saturated heterocycles. The van der Waals surface area contributed by atoms with Gasteiger partial charge in [0.15, 0.2) is 0 Å². The molecule has 0 heterocycles. The van der Waals surface area contributed by atoms with Gasteiger partial charge in [0.2, 0.25) is 0 Å². The second-order valence-electron chi connectivity index (χ2n) is 2.20. The van der Waals surface area contributed by atoms with E-state index in [1.807, 2.05) is 0 Å². The molecule has 1 aliphatic carbocycles. The fourth-order valence-electron chi connectivity index (χ4n) is 0.689. The fourth-order valence-corrected chi connectivity index (χ4v) is 0.689. The third kappa shape index (κ3) is 1.96. The molecule has 0 atom stereocenters. The van der Waals surface area contributed by atoms with E-state index >= 15 is 0 Å². The zero-order valence-corrected chi connectivity index (χ0v) is 4.80. The lowest BCUT2D eigenvalue weighted by Crippen LogP contribution is -1.91. The van der Waals surface area contributed by atoms with E-state index in [-0.39, 0.29) is 0 Å². The summed E-state index contributed by atoms with van der Waals surface area (Å²) < 4.78 is 4.50. The first kappa shape index (κ1) is 5.60. The Labute approximate surface area is 48.8 Å². The van der Waals surface area contributed by atoms with E-state index in [1.165, 1.54) is 12.8 Å². The predicted octanol–water partition coefficient (Wildman–Crippen LogP) is 0.960. The van der Waals surface area contributed by atoms with Crippen molar-refractivity contribution in [3.05, 3.63) is 0 Å². The fraction of sp³-hybridized carbons (Fsp3) is 0.833. The maximum atomic E-state index is 9.58. The van der Waals surface area contributed by atoms with E-state index in [9.17, 15) is 4.79 Å². The van der Waals surface area contributed by atoms with Crippen molar-refractivity contribution >= 4 is 6.47 Å². The van der Waals surface area contributed by atoms with Gasteiger partial charge in [0.25, 0.3) is 6.47 Å². The highest BCUT2D eigenvalue weighted by Crippen LogP contribution is 2.31. The summed E-state index contributed by atoms with van der Waals surface area (Å²) in [7, 11) is 0. The molecule has 1 fully saturated rings. The summed E-state index contributed by atoms with van der Waals surface area (Å²) in [5, 5.41) is 0. The summed E-state index contributed by atoms with van der Waals surface area (Å²) in [6, 6.07) is 0. The number of carbonyl (C=O) groups excluding carboxylic acids is 1. The zero-order chi connectivity index (χ0) is 5.82. The molecule has 0 N–H and O–H groups in total. The van der Waals surface area contributed by atoms with Gasteiger partial charge in [0, 0.05) is 0 Å². The first-order valence-corrected chi connectivity index (χ1v) is 2.98. The second-order valence-corrected chi connectivity index (χ2v) is 2.20. The van der Waals surface area contributed by atoms with E-state index in [2.05, 4.69) is 4.74 Å². The quantitative estimate of drug-likeness (QED) is 0.402. The summed E-state index contributed by atoms with van der Waals surface area (Å²) in [4.78, 5) is 9.58. The Bertz CT molecular complexity index is 76.6. The van der Waals surface area contributed by atoms with Crippen LogP contribution in [0.1, 0.15) is 19.3 Å². The Morgan fingerprint density at radius 1 is 1.62 bits per heavy atom. The van der Waals surface area contributed by atoms with Crippen molar-refractivity contribution in [1.29, 1.82) is 0 Å². The second kappa shape index (κ2) is 2.70. The highest BCUT2D eigenvalue weighted by Gasteiger charge is 2.20. The summed E-state index contributed by atoms with van der Waals surface area (Å²) >= 11 is 0. The normalized spacial score (nSPS) is 18.0. The van der Waals surface area contributed by atoms with Gasteiger partial charge in [-0.1, -0.05) is 12.8 Å². The monoisotopic (exact) mass is 114 g/mol. The number of ether oxygens (including phenoxy) is 1. The first-order valence-electron chi connectivity index (χ1n) is 2.98. The molecular weight excluding hydrogens is 104 g/mol. The lowest BCUT2D eigenvalue weighted by molar-refractivity contribution is -0.128. The Hall–Kier alpha value is -0.530. The molecule has 0 aromatic heterocycles. The van der Waals surface area contributed by atoms with Crippen molar-refractivity contribution in [3.63, 3.8) is 0 Å². The van der Waals surface area contributed by atoms with Crippen LogP contribution in [-0.2, 0) is 9.53 Å². The van der Waals surface area contributed by atoms with Crippen LogP contribution in [0.4, 0.5) is 0 Å². The average Bonchev–Trinajstić information content (AvgIpc) is 2.51. The van der Waals surface area contributed by atoms with Crippen molar-refractivity contribution in [2.75, 3.05) is 6.61 Å². The Balaban J connectivity index is 1.80. The van der Waals surface area contributed by atoms with E-state index in [0.717, 1.165) is 12.3 Å². The molecule has 0 amide bonds. The van der Waals surface area contributed by atoms with E-state index in [0.29, 0.717) is 13.1 Å². The van der Waals surface area contributed by atoms with Gasteiger partial charge >= 0.3 is 0 Å². The summed E-state index contributed by atoms with van der Waals surface area (Å²) in [5.74, 6) is 0.870. The lowest BCUT2D eigenvalue weighted by Gasteiger charge is -1.92. The standard InChI is InChI=1S/C6H10O2/c7-5-8-4-3-6-1-2-6/h5-6H,1-4H2. The molecule has 0 aromatic rings. The molecule has 8 heavy (non-hydrogen) atoms. The molecular formula is C6H10O2. The third-order valence-electron chi connectivity index (χ3n) is 1.41. The lowest BCUT2D eigenvalue weighted by atomic mass is 10.3. The molecule has 0 bridgehead atoms. The first-order chi connectivity index (χ1) is 3.93. The molecule has 2 heteroatoms. The van der Waals surface area contributed by atoms with Crippen molar-refractivity contribution in [2.45, 2.75) is 19.3 Å². The van der Waals surface area contributed by atoms with E-state index in [1.54, 1.807) is 0 Å². The van der Waals surface area contributed by atoms with Gasteiger partial charge in [0.1, 0.15) is 0 Å². The van der Waals surface area contributed by atoms with Gasteiger partial charge in [-0.15, -0.1) is 0 Å². The highest BCUT2D eigenvalue weighted by atomic mass is 16.5. The minimum absolute atomic E-state index is 0.516. The van der Waals surface area contributed by atoms with Crippen LogP contribution in [0.25, 0.3) is 0 Å². The minimum Gasteiger partial charge on any atom is -0.468 e. The van der Waals surface area contributed by atoms with Crippen LogP contribution in [-0.4, -0.2) is 13.1 Å². The summed E-state index contributed by atoms with van der Waals surface area (Å²) in [6.07, 6.45) is 3.74.